The predicted octanol–water partition coefficient (Wildman–Crippen LogP) is 4.35. The standard InChI is InChI=1S/C12H13I/c1-10-6-3-4-8-12(10)11(2)7-5-9-13/h3-9H,1-2H3/b9-5-,11-7+. The zero-order chi connectivity index (χ0) is 9.68. The summed E-state index contributed by atoms with van der Waals surface area (Å²) < 4.78 is 2.01. The van der Waals surface area contributed by atoms with E-state index >= 15 is 0 Å². The lowest BCUT2D eigenvalue weighted by Crippen LogP contribution is -1.83. The Morgan fingerprint density at radius 3 is 2.62 bits per heavy atom. The zero-order valence-electron chi connectivity index (χ0n) is 7.92. The molecule has 0 nitrogen and oxygen atoms in total. The third-order valence-electron chi connectivity index (χ3n) is 1.99. The number of allylic oxidation sites excluding steroid dienone is 3. The van der Waals surface area contributed by atoms with Gasteiger partial charge >= 0.3 is 0 Å². The molecule has 13 heavy (non-hydrogen) atoms. The SMILES string of the molecule is C/C(=C\C=C/I)c1ccccc1C. The van der Waals surface area contributed by atoms with Gasteiger partial charge in [0.15, 0.2) is 0 Å². The Bertz CT molecular complexity index is 335. The van der Waals surface area contributed by atoms with Crippen molar-refractivity contribution in [2.24, 2.45) is 0 Å². The summed E-state index contributed by atoms with van der Waals surface area (Å²) in [5.74, 6) is 0. The molecule has 1 heteroatoms. The Morgan fingerprint density at radius 1 is 1.31 bits per heavy atom. The van der Waals surface area contributed by atoms with Gasteiger partial charge in [0.2, 0.25) is 0 Å². The van der Waals surface area contributed by atoms with Crippen LogP contribution in [0.4, 0.5) is 0 Å². The van der Waals surface area contributed by atoms with Crippen LogP contribution in [-0.4, -0.2) is 0 Å². The summed E-state index contributed by atoms with van der Waals surface area (Å²) in [7, 11) is 0. The molecule has 1 aromatic rings. The highest BCUT2D eigenvalue weighted by Gasteiger charge is 1.96. The van der Waals surface area contributed by atoms with Crippen molar-refractivity contribution in [2.75, 3.05) is 0 Å². The summed E-state index contributed by atoms with van der Waals surface area (Å²) in [5, 5.41) is 0. The van der Waals surface area contributed by atoms with E-state index in [1.807, 2.05) is 4.08 Å². The Morgan fingerprint density at radius 2 is 2.00 bits per heavy atom. The molecule has 0 saturated heterocycles. The number of rotatable bonds is 2. The molecule has 1 aromatic carbocycles. The van der Waals surface area contributed by atoms with Crippen LogP contribution in [0.15, 0.2) is 40.5 Å². The highest BCUT2D eigenvalue weighted by atomic mass is 127. The first-order valence-electron chi connectivity index (χ1n) is 4.25. The van der Waals surface area contributed by atoms with Gasteiger partial charge in [0.1, 0.15) is 0 Å². The minimum Gasteiger partial charge on any atom is -0.0620 e. The summed E-state index contributed by atoms with van der Waals surface area (Å²) in [6.45, 7) is 4.28. The van der Waals surface area contributed by atoms with E-state index in [1.54, 1.807) is 0 Å². The molecule has 0 aliphatic carbocycles. The van der Waals surface area contributed by atoms with Crippen molar-refractivity contribution in [3.05, 3.63) is 51.6 Å². The lowest BCUT2D eigenvalue weighted by molar-refractivity contribution is 1.41. The van der Waals surface area contributed by atoms with E-state index in [0.29, 0.717) is 0 Å². The Kier molecular flexibility index (Phi) is 4.22. The van der Waals surface area contributed by atoms with Crippen molar-refractivity contribution in [3.8, 4) is 0 Å². The molecule has 0 heterocycles. The van der Waals surface area contributed by atoms with Crippen LogP contribution in [0, 0.1) is 6.92 Å². The first-order valence-corrected chi connectivity index (χ1v) is 5.50. The molecule has 0 amide bonds. The minimum absolute atomic E-state index is 1.31. The van der Waals surface area contributed by atoms with Gasteiger partial charge in [0, 0.05) is 0 Å². The number of hydrogen-bond donors (Lipinski definition) is 0. The van der Waals surface area contributed by atoms with Gasteiger partial charge < -0.3 is 0 Å². The van der Waals surface area contributed by atoms with Gasteiger partial charge in [-0.2, -0.15) is 0 Å². The maximum atomic E-state index is 2.22. The van der Waals surface area contributed by atoms with Crippen LogP contribution in [-0.2, 0) is 0 Å². The van der Waals surface area contributed by atoms with Crippen LogP contribution in [0.2, 0.25) is 0 Å². The van der Waals surface area contributed by atoms with E-state index in [9.17, 15) is 0 Å². The number of benzene rings is 1. The Hall–Kier alpha value is -0.570. The molecule has 0 aromatic heterocycles. The second-order valence-electron chi connectivity index (χ2n) is 2.98. The quantitative estimate of drug-likeness (QED) is 0.559. The van der Waals surface area contributed by atoms with Crippen LogP contribution in [0.25, 0.3) is 5.57 Å². The fourth-order valence-corrected chi connectivity index (χ4v) is 1.49. The van der Waals surface area contributed by atoms with Gasteiger partial charge in [-0.3, -0.25) is 0 Å². The van der Waals surface area contributed by atoms with Crippen molar-refractivity contribution >= 4 is 28.2 Å². The van der Waals surface area contributed by atoms with Crippen molar-refractivity contribution in [1.29, 1.82) is 0 Å². The topological polar surface area (TPSA) is 0 Å². The van der Waals surface area contributed by atoms with E-state index in [-0.39, 0.29) is 0 Å². The summed E-state index contributed by atoms with van der Waals surface area (Å²) >= 11 is 2.22. The molecule has 0 atom stereocenters. The summed E-state index contributed by atoms with van der Waals surface area (Å²) in [4.78, 5) is 0. The van der Waals surface area contributed by atoms with Crippen LogP contribution in [0.5, 0.6) is 0 Å². The van der Waals surface area contributed by atoms with E-state index < -0.39 is 0 Å². The molecule has 0 unspecified atom stereocenters. The molecule has 0 aliphatic rings. The predicted molar refractivity (Wildman–Crippen MR) is 68.0 cm³/mol. The second-order valence-corrected chi connectivity index (χ2v) is 3.70. The average molecular weight is 284 g/mol. The lowest BCUT2D eigenvalue weighted by atomic mass is 10.0. The minimum atomic E-state index is 1.31. The summed E-state index contributed by atoms with van der Waals surface area (Å²) in [6, 6.07) is 8.44. The molecule has 0 spiro atoms. The van der Waals surface area contributed by atoms with Crippen molar-refractivity contribution in [2.45, 2.75) is 13.8 Å². The summed E-state index contributed by atoms with van der Waals surface area (Å²) in [5.41, 5.74) is 3.97. The Labute approximate surface area is 93.5 Å². The molecular weight excluding hydrogens is 271 g/mol. The van der Waals surface area contributed by atoms with Crippen molar-refractivity contribution in [1.82, 2.24) is 0 Å². The molecular formula is C12H13I. The molecule has 0 saturated carbocycles. The maximum Gasteiger partial charge on any atom is -0.0198 e. The fourth-order valence-electron chi connectivity index (χ4n) is 1.29. The lowest BCUT2D eigenvalue weighted by Gasteiger charge is -2.03. The maximum absolute atomic E-state index is 2.22. The third kappa shape index (κ3) is 2.99. The first kappa shape index (κ1) is 10.5. The normalized spacial score (nSPS) is 12.4. The van der Waals surface area contributed by atoms with Gasteiger partial charge in [-0.05, 0) is 34.6 Å². The van der Waals surface area contributed by atoms with Gasteiger partial charge in [0.25, 0.3) is 0 Å². The largest absolute Gasteiger partial charge is 0.0620 e. The van der Waals surface area contributed by atoms with Crippen molar-refractivity contribution < 1.29 is 0 Å². The van der Waals surface area contributed by atoms with Gasteiger partial charge in [-0.25, -0.2) is 0 Å². The molecule has 0 fully saturated rings. The van der Waals surface area contributed by atoms with E-state index in [1.165, 1.54) is 16.7 Å². The second kappa shape index (κ2) is 5.22. The van der Waals surface area contributed by atoms with Gasteiger partial charge in [0.05, 0.1) is 0 Å². The highest BCUT2D eigenvalue weighted by Crippen LogP contribution is 2.17. The number of aryl methyl sites for hydroxylation is 1. The van der Waals surface area contributed by atoms with E-state index in [4.69, 9.17) is 0 Å². The van der Waals surface area contributed by atoms with Gasteiger partial charge in [-0.1, -0.05) is 59.0 Å². The summed E-state index contributed by atoms with van der Waals surface area (Å²) in [6.07, 6.45) is 4.19. The van der Waals surface area contributed by atoms with Crippen molar-refractivity contribution in [3.63, 3.8) is 0 Å². The van der Waals surface area contributed by atoms with Crippen LogP contribution in [0.3, 0.4) is 0 Å². The van der Waals surface area contributed by atoms with Crippen LogP contribution in [0.1, 0.15) is 18.1 Å². The third-order valence-corrected chi connectivity index (χ3v) is 2.40. The van der Waals surface area contributed by atoms with E-state index in [2.05, 4.69) is 72.9 Å². The number of halogens is 1. The van der Waals surface area contributed by atoms with Crippen LogP contribution < -0.4 is 0 Å². The van der Waals surface area contributed by atoms with Crippen LogP contribution >= 0.6 is 22.6 Å². The fraction of sp³-hybridized carbons (Fsp3) is 0.167. The molecule has 68 valence electrons. The first-order chi connectivity index (χ1) is 6.25. The van der Waals surface area contributed by atoms with Gasteiger partial charge in [-0.15, -0.1) is 0 Å². The average Bonchev–Trinajstić information content (AvgIpc) is 2.15. The highest BCUT2D eigenvalue weighted by molar-refractivity contribution is 14.1. The smallest absolute Gasteiger partial charge is 0.0198 e. The molecule has 0 aliphatic heterocycles. The molecule has 0 radical (unpaired) electrons. The Balaban J connectivity index is 3.01. The van der Waals surface area contributed by atoms with E-state index in [0.717, 1.165) is 0 Å². The molecule has 0 bridgehead atoms. The monoisotopic (exact) mass is 284 g/mol. The molecule has 0 N–H and O–H groups in total. The molecule has 1 rings (SSSR count). The number of hydrogen-bond acceptors (Lipinski definition) is 0. The zero-order valence-corrected chi connectivity index (χ0v) is 10.1.